The number of amides is 2. The molecular formula is C17H20FN3O4. The van der Waals surface area contributed by atoms with Crippen LogP contribution in [-0.2, 0) is 9.59 Å². The van der Waals surface area contributed by atoms with Gasteiger partial charge in [-0.1, -0.05) is 19.9 Å². The van der Waals surface area contributed by atoms with E-state index in [9.17, 15) is 18.8 Å². The topological polar surface area (TPSA) is 111 Å². The van der Waals surface area contributed by atoms with Gasteiger partial charge in [-0.25, -0.2) is 9.18 Å². The maximum absolute atomic E-state index is 13.6. The number of carbonyl (C=O) groups is 3. The molecule has 1 aromatic carbocycles. The van der Waals surface area contributed by atoms with Gasteiger partial charge in [0, 0.05) is 10.9 Å². The molecule has 134 valence electrons. The van der Waals surface area contributed by atoms with Crippen LogP contribution in [0.5, 0.6) is 0 Å². The molecule has 1 atom stereocenters. The van der Waals surface area contributed by atoms with Crippen LogP contribution in [0, 0.1) is 11.7 Å². The standard InChI is InChI=1S/C17H20FN3O4/c1-9(2)6-14(17(24)25)21-15(22)8-19-16(23)13-7-10-11(18)4-3-5-12(10)20-13/h3-5,7,9,14,20H,6,8H2,1-2H3,(H,19,23)(H,21,22)(H,24,25)/t14-/m0/s1. The van der Waals surface area contributed by atoms with Crippen LogP contribution in [0.15, 0.2) is 24.3 Å². The summed E-state index contributed by atoms with van der Waals surface area (Å²) in [5.41, 5.74) is 0.586. The van der Waals surface area contributed by atoms with E-state index >= 15 is 0 Å². The molecule has 4 N–H and O–H groups in total. The number of hydrogen-bond acceptors (Lipinski definition) is 3. The van der Waals surface area contributed by atoms with Crippen molar-refractivity contribution in [3.05, 3.63) is 35.8 Å². The lowest BCUT2D eigenvalue weighted by atomic mass is 10.0. The number of fused-ring (bicyclic) bond motifs is 1. The number of nitrogens with one attached hydrogen (secondary N) is 3. The van der Waals surface area contributed by atoms with Gasteiger partial charge in [-0.2, -0.15) is 0 Å². The number of aliphatic carboxylic acids is 1. The Morgan fingerprint density at radius 3 is 2.60 bits per heavy atom. The van der Waals surface area contributed by atoms with Crippen molar-refractivity contribution >= 4 is 28.7 Å². The molecule has 0 spiro atoms. The highest BCUT2D eigenvalue weighted by Crippen LogP contribution is 2.18. The van der Waals surface area contributed by atoms with Crippen molar-refractivity contribution in [1.29, 1.82) is 0 Å². The maximum atomic E-state index is 13.6. The van der Waals surface area contributed by atoms with Gasteiger partial charge in [0.2, 0.25) is 5.91 Å². The number of H-pyrrole nitrogens is 1. The summed E-state index contributed by atoms with van der Waals surface area (Å²) in [7, 11) is 0. The summed E-state index contributed by atoms with van der Waals surface area (Å²) in [6.45, 7) is 3.32. The van der Waals surface area contributed by atoms with Gasteiger partial charge in [-0.3, -0.25) is 9.59 Å². The number of rotatable bonds is 7. The van der Waals surface area contributed by atoms with Gasteiger partial charge in [-0.05, 0) is 30.5 Å². The number of halogens is 1. The summed E-state index contributed by atoms with van der Waals surface area (Å²) in [5, 5.41) is 14.1. The number of carbonyl (C=O) groups excluding carboxylic acids is 2. The fourth-order valence-corrected chi connectivity index (χ4v) is 2.43. The van der Waals surface area contributed by atoms with Crippen molar-refractivity contribution in [1.82, 2.24) is 15.6 Å². The summed E-state index contributed by atoms with van der Waals surface area (Å²) >= 11 is 0. The molecule has 2 aromatic rings. The minimum absolute atomic E-state index is 0.0947. The molecule has 1 heterocycles. The second-order valence-corrected chi connectivity index (χ2v) is 6.15. The zero-order valence-electron chi connectivity index (χ0n) is 13.9. The van der Waals surface area contributed by atoms with Gasteiger partial charge in [0.1, 0.15) is 17.6 Å². The van der Waals surface area contributed by atoms with Crippen molar-refractivity contribution in [3.8, 4) is 0 Å². The molecule has 0 unspecified atom stereocenters. The first-order valence-corrected chi connectivity index (χ1v) is 7.85. The number of aromatic nitrogens is 1. The number of carboxylic acid groups (broad SMARTS) is 1. The van der Waals surface area contributed by atoms with Gasteiger partial charge in [0.15, 0.2) is 0 Å². The van der Waals surface area contributed by atoms with E-state index in [0.29, 0.717) is 5.52 Å². The minimum atomic E-state index is -1.13. The van der Waals surface area contributed by atoms with E-state index in [2.05, 4.69) is 15.6 Å². The molecule has 0 radical (unpaired) electrons. The lowest BCUT2D eigenvalue weighted by Gasteiger charge is -2.16. The summed E-state index contributed by atoms with van der Waals surface area (Å²) in [5.74, 6) is -2.68. The summed E-state index contributed by atoms with van der Waals surface area (Å²) < 4.78 is 13.6. The van der Waals surface area contributed by atoms with Crippen molar-refractivity contribution in [3.63, 3.8) is 0 Å². The molecular weight excluding hydrogens is 329 g/mol. The van der Waals surface area contributed by atoms with Crippen molar-refractivity contribution in [2.75, 3.05) is 6.54 Å². The number of hydrogen-bond donors (Lipinski definition) is 4. The largest absolute Gasteiger partial charge is 0.480 e. The third kappa shape index (κ3) is 4.79. The second-order valence-electron chi connectivity index (χ2n) is 6.15. The molecule has 0 fully saturated rings. The Balaban J connectivity index is 1.95. The van der Waals surface area contributed by atoms with Gasteiger partial charge in [-0.15, -0.1) is 0 Å². The van der Waals surface area contributed by atoms with Gasteiger partial charge in [0.05, 0.1) is 6.54 Å². The van der Waals surface area contributed by atoms with Gasteiger partial charge >= 0.3 is 5.97 Å². The average molecular weight is 349 g/mol. The Hall–Kier alpha value is -2.90. The van der Waals surface area contributed by atoms with E-state index < -0.39 is 29.6 Å². The molecule has 8 heteroatoms. The monoisotopic (exact) mass is 349 g/mol. The molecule has 25 heavy (non-hydrogen) atoms. The van der Waals surface area contributed by atoms with E-state index in [1.165, 1.54) is 18.2 Å². The fourth-order valence-electron chi connectivity index (χ4n) is 2.43. The fraction of sp³-hybridized carbons (Fsp3) is 0.353. The quantitative estimate of drug-likeness (QED) is 0.609. The minimum Gasteiger partial charge on any atom is -0.480 e. The van der Waals surface area contributed by atoms with E-state index in [1.807, 2.05) is 13.8 Å². The smallest absolute Gasteiger partial charge is 0.326 e. The van der Waals surface area contributed by atoms with Crippen LogP contribution in [-0.4, -0.2) is 40.5 Å². The number of benzene rings is 1. The lowest BCUT2D eigenvalue weighted by Crippen LogP contribution is -2.46. The Labute approximate surface area is 143 Å². The average Bonchev–Trinajstić information content (AvgIpc) is 2.97. The van der Waals surface area contributed by atoms with E-state index in [4.69, 9.17) is 5.11 Å². The molecule has 0 bridgehead atoms. The molecule has 0 aliphatic rings. The molecule has 1 aromatic heterocycles. The summed E-state index contributed by atoms with van der Waals surface area (Å²) in [6.07, 6.45) is 0.288. The SMILES string of the molecule is CC(C)C[C@H](NC(=O)CNC(=O)c1cc2c(F)cccc2[nH]1)C(=O)O. The molecule has 0 aliphatic carbocycles. The Morgan fingerprint density at radius 1 is 1.28 bits per heavy atom. The molecule has 2 amide bonds. The first-order valence-electron chi connectivity index (χ1n) is 7.85. The predicted molar refractivity (Wildman–Crippen MR) is 89.6 cm³/mol. The third-order valence-electron chi connectivity index (χ3n) is 3.61. The third-order valence-corrected chi connectivity index (χ3v) is 3.61. The van der Waals surface area contributed by atoms with Crippen molar-refractivity contribution in [2.24, 2.45) is 5.92 Å². The molecule has 7 nitrogen and oxygen atoms in total. The molecule has 2 rings (SSSR count). The molecule has 0 aliphatic heterocycles. The van der Waals surface area contributed by atoms with E-state index in [1.54, 1.807) is 6.07 Å². The van der Waals surface area contributed by atoms with Crippen LogP contribution < -0.4 is 10.6 Å². The molecule has 0 saturated carbocycles. The van der Waals surface area contributed by atoms with Gasteiger partial charge < -0.3 is 20.7 Å². The summed E-state index contributed by atoms with van der Waals surface area (Å²) in [6, 6.07) is 4.78. The Morgan fingerprint density at radius 2 is 2.00 bits per heavy atom. The normalized spacial score (nSPS) is 12.2. The number of carboxylic acids is 1. The number of aromatic amines is 1. The van der Waals surface area contributed by atoms with Crippen LogP contribution in [0.2, 0.25) is 0 Å². The highest BCUT2D eigenvalue weighted by atomic mass is 19.1. The van der Waals surface area contributed by atoms with Crippen LogP contribution in [0.4, 0.5) is 4.39 Å². The highest BCUT2D eigenvalue weighted by molar-refractivity contribution is 5.99. The zero-order valence-corrected chi connectivity index (χ0v) is 13.9. The van der Waals surface area contributed by atoms with E-state index in [-0.39, 0.29) is 30.0 Å². The van der Waals surface area contributed by atoms with Gasteiger partial charge in [0.25, 0.3) is 5.91 Å². The molecule has 0 saturated heterocycles. The Kier molecular flexibility index (Phi) is 5.74. The Bertz CT molecular complexity index is 800. The second kappa shape index (κ2) is 7.78. The first-order chi connectivity index (χ1) is 11.8. The van der Waals surface area contributed by atoms with Crippen LogP contribution in [0.1, 0.15) is 30.8 Å². The first kappa shape index (κ1) is 18.4. The van der Waals surface area contributed by atoms with E-state index in [0.717, 1.165) is 0 Å². The zero-order chi connectivity index (χ0) is 18.6. The van der Waals surface area contributed by atoms with Crippen LogP contribution in [0.3, 0.4) is 0 Å². The highest BCUT2D eigenvalue weighted by Gasteiger charge is 2.21. The van der Waals surface area contributed by atoms with Crippen molar-refractivity contribution < 1.29 is 23.9 Å². The lowest BCUT2D eigenvalue weighted by molar-refractivity contribution is -0.142. The van der Waals surface area contributed by atoms with Crippen LogP contribution >= 0.6 is 0 Å². The summed E-state index contributed by atoms with van der Waals surface area (Å²) in [4.78, 5) is 37.8. The maximum Gasteiger partial charge on any atom is 0.326 e. The van der Waals surface area contributed by atoms with Crippen molar-refractivity contribution in [2.45, 2.75) is 26.3 Å². The van der Waals surface area contributed by atoms with Crippen LogP contribution in [0.25, 0.3) is 10.9 Å². The predicted octanol–water partition coefficient (Wildman–Crippen LogP) is 1.65.